The van der Waals surface area contributed by atoms with Gasteiger partial charge in [0.1, 0.15) is 11.0 Å². The van der Waals surface area contributed by atoms with Gasteiger partial charge in [0.15, 0.2) is 17.0 Å². The summed E-state index contributed by atoms with van der Waals surface area (Å²) in [5, 5.41) is 0. The zero-order valence-corrected chi connectivity index (χ0v) is 24.7. The topological polar surface area (TPSA) is 77.8 Å². The van der Waals surface area contributed by atoms with Gasteiger partial charge in [-0.25, -0.2) is 19.9 Å². The number of hydrogen-bond donors (Lipinski definition) is 0. The van der Waals surface area contributed by atoms with E-state index >= 15 is 0 Å². The molecule has 214 valence electrons. The minimum Gasteiger partial charge on any atom is -0.436 e. The molecular weight excluding hydrogens is 556 g/mol. The maximum absolute atomic E-state index is 6.18. The molecule has 0 spiro atoms. The van der Waals surface area contributed by atoms with Crippen LogP contribution < -0.4 is 0 Å². The van der Waals surface area contributed by atoms with E-state index in [0.29, 0.717) is 17.6 Å². The number of fused-ring (bicyclic) bond motifs is 5. The van der Waals surface area contributed by atoms with Gasteiger partial charge >= 0.3 is 0 Å². The first-order chi connectivity index (χ1) is 22.0. The van der Waals surface area contributed by atoms with Crippen LogP contribution in [0.3, 0.4) is 0 Å². The van der Waals surface area contributed by atoms with E-state index in [9.17, 15) is 0 Å². The highest BCUT2D eigenvalue weighted by molar-refractivity contribution is 5.84. The highest BCUT2D eigenvalue weighted by Gasteiger charge is 2.35. The van der Waals surface area contributed by atoms with Crippen molar-refractivity contribution in [3.8, 4) is 56.7 Å². The van der Waals surface area contributed by atoms with Crippen molar-refractivity contribution in [3.63, 3.8) is 0 Å². The third-order valence-corrected chi connectivity index (χ3v) is 8.81. The minimum absolute atomic E-state index is 0.109. The summed E-state index contributed by atoms with van der Waals surface area (Å²) < 4.78 is 12.4. The SMILES string of the molecule is CC1(C)c2ccccc2-c2ccc(-c3nccc(-c4cc(-c5nc6ccccc6o5)cc(-c5nc6ccccc6o5)c4)n3)cc21. The smallest absolute Gasteiger partial charge is 0.227 e. The van der Waals surface area contributed by atoms with Crippen molar-refractivity contribution in [1.82, 2.24) is 19.9 Å². The van der Waals surface area contributed by atoms with E-state index in [1.54, 1.807) is 0 Å². The van der Waals surface area contributed by atoms with Crippen LogP contribution in [0.4, 0.5) is 0 Å². The lowest BCUT2D eigenvalue weighted by molar-refractivity contribution is 0.617. The number of oxazole rings is 2. The van der Waals surface area contributed by atoms with Crippen molar-refractivity contribution in [2.75, 3.05) is 0 Å². The van der Waals surface area contributed by atoms with Crippen LogP contribution in [0.1, 0.15) is 25.0 Å². The molecular formula is C39H26N4O2. The lowest BCUT2D eigenvalue weighted by Gasteiger charge is -2.21. The van der Waals surface area contributed by atoms with E-state index in [0.717, 1.165) is 50.1 Å². The van der Waals surface area contributed by atoms with E-state index in [1.807, 2.05) is 79.0 Å². The minimum atomic E-state index is -0.109. The fourth-order valence-electron chi connectivity index (χ4n) is 6.52. The van der Waals surface area contributed by atoms with E-state index in [-0.39, 0.29) is 5.41 Å². The predicted molar refractivity (Wildman–Crippen MR) is 176 cm³/mol. The Kier molecular flexibility index (Phi) is 5.44. The second-order valence-corrected chi connectivity index (χ2v) is 12.0. The Bertz CT molecular complexity index is 2280. The molecule has 6 heteroatoms. The molecule has 0 fully saturated rings. The molecule has 0 saturated carbocycles. The van der Waals surface area contributed by atoms with Crippen molar-refractivity contribution in [2.24, 2.45) is 0 Å². The van der Waals surface area contributed by atoms with Crippen LogP contribution in [0.2, 0.25) is 0 Å². The molecule has 6 nitrogen and oxygen atoms in total. The van der Waals surface area contributed by atoms with Gasteiger partial charge in [-0.05, 0) is 76.9 Å². The molecule has 3 aromatic heterocycles. The average molecular weight is 583 g/mol. The molecule has 0 bridgehead atoms. The van der Waals surface area contributed by atoms with E-state index in [2.05, 4.69) is 56.3 Å². The highest BCUT2D eigenvalue weighted by Crippen LogP contribution is 2.49. The average Bonchev–Trinajstić information content (AvgIpc) is 3.78. The molecule has 0 radical (unpaired) electrons. The van der Waals surface area contributed by atoms with Crippen molar-refractivity contribution in [3.05, 3.63) is 133 Å². The largest absolute Gasteiger partial charge is 0.436 e. The molecule has 45 heavy (non-hydrogen) atoms. The lowest BCUT2D eigenvalue weighted by Crippen LogP contribution is -2.15. The first-order valence-corrected chi connectivity index (χ1v) is 15.0. The fourth-order valence-corrected chi connectivity index (χ4v) is 6.52. The Balaban J connectivity index is 1.18. The van der Waals surface area contributed by atoms with Gasteiger partial charge in [0.05, 0.1) is 5.69 Å². The molecule has 0 unspecified atom stereocenters. The monoisotopic (exact) mass is 582 g/mol. The Morgan fingerprint density at radius 2 is 1.11 bits per heavy atom. The van der Waals surface area contributed by atoms with Gasteiger partial charge in [-0.2, -0.15) is 0 Å². The fraction of sp³-hybridized carbons (Fsp3) is 0.0769. The first-order valence-electron chi connectivity index (χ1n) is 15.0. The number of rotatable bonds is 4. The molecule has 0 amide bonds. The molecule has 0 atom stereocenters. The summed E-state index contributed by atoms with van der Waals surface area (Å²) in [6.45, 7) is 4.56. The quantitative estimate of drug-likeness (QED) is 0.206. The van der Waals surface area contributed by atoms with Crippen LogP contribution in [0.25, 0.3) is 78.9 Å². The second kappa shape index (κ2) is 9.56. The number of para-hydroxylation sites is 4. The van der Waals surface area contributed by atoms with Gasteiger partial charge in [-0.1, -0.05) is 74.5 Å². The summed E-state index contributed by atoms with van der Waals surface area (Å²) in [5.74, 6) is 1.70. The van der Waals surface area contributed by atoms with Crippen molar-refractivity contribution < 1.29 is 8.83 Å². The number of aromatic nitrogens is 4. The molecule has 0 saturated heterocycles. The Labute approximate surface area is 259 Å². The molecule has 0 aliphatic heterocycles. The van der Waals surface area contributed by atoms with Gasteiger partial charge < -0.3 is 8.83 Å². The molecule has 1 aliphatic carbocycles. The number of nitrogens with zero attached hydrogens (tertiary/aromatic N) is 4. The molecule has 5 aromatic carbocycles. The summed E-state index contributed by atoms with van der Waals surface area (Å²) in [5.41, 5.74) is 12.4. The van der Waals surface area contributed by atoms with Gasteiger partial charge in [0.2, 0.25) is 11.8 Å². The third kappa shape index (κ3) is 4.10. The Morgan fingerprint density at radius 3 is 1.80 bits per heavy atom. The molecule has 1 aliphatic rings. The zero-order chi connectivity index (χ0) is 30.1. The second-order valence-electron chi connectivity index (χ2n) is 12.0. The summed E-state index contributed by atoms with van der Waals surface area (Å²) in [6.07, 6.45) is 1.82. The Morgan fingerprint density at radius 1 is 0.511 bits per heavy atom. The predicted octanol–water partition coefficient (Wildman–Crippen LogP) is 9.73. The van der Waals surface area contributed by atoms with Crippen LogP contribution in [0.5, 0.6) is 0 Å². The summed E-state index contributed by atoms with van der Waals surface area (Å²) >= 11 is 0. The molecule has 0 N–H and O–H groups in total. The maximum atomic E-state index is 6.18. The summed E-state index contributed by atoms with van der Waals surface area (Å²) in [6, 6.07) is 38.8. The van der Waals surface area contributed by atoms with Gasteiger partial charge in [0.25, 0.3) is 0 Å². The zero-order valence-electron chi connectivity index (χ0n) is 24.7. The number of benzene rings is 5. The van der Waals surface area contributed by atoms with Crippen molar-refractivity contribution in [1.29, 1.82) is 0 Å². The van der Waals surface area contributed by atoms with Gasteiger partial charge in [-0.15, -0.1) is 0 Å². The van der Waals surface area contributed by atoms with Crippen molar-refractivity contribution >= 4 is 22.2 Å². The van der Waals surface area contributed by atoms with Crippen LogP contribution >= 0.6 is 0 Å². The number of hydrogen-bond acceptors (Lipinski definition) is 6. The lowest BCUT2D eigenvalue weighted by atomic mass is 9.82. The summed E-state index contributed by atoms with van der Waals surface area (Å²) in [4.78, 5) is 19.3. The Hall–Kier alpha value is -5.88. The van der Waals surface area contributed by atoms with Gasteiger partial charge in [-0.3, -0.25) is 0 Å². The maximum Gasteiger partial charge on any atom is 0.227 e. The van der Waals surface area contributed by atoms with Crippen molar-refractivity contribution in [2.45, 2.75) is 19.3 Å². The molecule has 9 rings (SSSR count). The molecule has 3 heterocycles. The third-order valence-electron chi connectivity index (χ3n) is 8.81. The van der Waals surface area contributed by atoms with Crippen LogP contribution in [0, 0.1) is 0 Å². The van der Waals surface area contributed by atoms with Crippen LogP contribution in [-0.2, 0) is 5.41 Å². The standard InChI is InChI=1S/C39H26N4O2/c1-39(2)29-10-4-3-9-27(29)28-16-15-23(22-30(28)39)36-40-18-17-31(41-36)24-19-25(37-42-32-11-5-7-13-34(32)44-37)21-26(20-24)38-43-33-12-6-8-14-35(33)45-38/h3-22H,1-2H3. The first kappa shape index (κ1) is 25.6. The van der Waals surface area contributed by atoms with Gasteiger partial charge in [0, 0.05) is 33.9 Å². The summed E-state index contributed by atoms with van der Waals surface area (Å²) in [7, 11) is 0. The highest BCUT2D eigenvalue weighted by atomic mass is 16.4. The van der Waals surface area contributed by atoms with Crippen LogP contribution in [-0.4, -0.2) is 19.9 Å². The van der Waals surface area contributed by atoms with E-state index in [1.165, 1.54) is 22.3 Å². The van der Waals surface area contributed by atoms with E-state index in [4.69, 9.17) is 28.8 Å². The normalized spacial score (nSPS) is 13.3. The van der Waals surface area contributed by atoms with E-state index < -0.39 is 0 Å². The molecule has 8 aromatic rings. The van der Waals surface area contributed by atoms with Crippen LogP contribution in [0.15, 0.2) is 130 Å².